The summed E-state index contributed by atoms with van der Waals surface area (Å²) in [5.41, 5.74) is 0.308. The van der Waals surface area contributed by atoms with E-state index in [1.807, 2.05) is 11.4 Å². The zero-order chi connectivity index (χ0) is 19.4. The molecule has 1 amide bonds. The molecular weight excluding hydrogens is 388 g/mol. The Balaban J connectivity index is 1.66. The number of nitrogens with zero attached hydrogens (tertiary/aromatic N) is 2. The molecule has 2 heterocycles. The number of esters is 1. The number of ether oxygens (including phenoxy) is 1. The maximum absolute atomic E-state index is 12.8. The van der Waals surface area contributed by atoms with Crippen LogP contribution in [0.15, 0.2) is 46.7 Å². The van der Waals surface area contributed by atoms with E-state index in [1.54, 1.807) is 17.9 Å². The average Bonchev–Trinajstić information content (AvgIpc) is 3.22. The molecule has 1 aliphatic rings. The Morgan fingerprint density at radius 2 is 1.74 bits per heavy atom. The zero-order valence-electron chi connectivity index (χ0n) is 14.8. The summed E-state index contributed by atoms with van der Waals surface area (Å²) in [6.45, 7) is 3.12. The van der Waals surface area contributed by atoms with Crippen LogP contribution >= 0.6 is 11.3 Å². The molecule has 144 valence electrons. The molecule has 0 spiro atoms. The Hall–Kier alpha value is -2.23. The van der Waals surface area contributed by atoms with Gasteiger partial charge in [0.2, 0.25) is 10.0 Å². The lowest BCUT2D eigenvalue weighted by atomic mass is 10.2. The fraction of sp³-hybridized carbons (Fsp3) is 0.333. The van der Waals surface area contributed by atoms with Crippen molar-refractivity contribution in [1.29, 1.82) is 0 Å². The van der Waals surface area contributed by atoms with Crippen LogP contribution in [-0.2, 0) is 14.8 Å². The summed E-state index contributed by atoms with van der Waals surface area (Å²) in [4.78, 5) is 26.5. The molecule has 9 heteroatoms. The monoisotopic (exact) mass is 408 g/mol. The van der Waals surface area contributed by atoms with Crippen LogP contribution in [0.1, 0.15) is 27.0 Å². The van der Waals surface area contributed by atoms with Gasteiger partial charge < -0.3 is 9.64 Å². The minimum Gasteiger partial charge on any atom is -0.462 e. The lowest BCUT2D eigenvalue weighted by Crippen LogP contribution is -2.50. The van der Waals surface area contributed by atoms with Crippen molar-refractivity contribution in [2.24, 2.45) is 0 Å². The summed E-state index contributed by atoms with van der Waals surface area (Å²) < 4.78 is 31.9. The molecule has 2 aromatic rings. The van der Waals surface area contributed by atoms with E-state index in [4.69, 9.17) is 4.74 Å². The Bertz CT molecular complexity index is 900. The van der Waals surface area contributed by atoms with Gasteiger partial charge in [-0.1, -0.05) is 6.07 Å². The smallest absolute Gasteiger partial charge is 0.338 e. The van der Waals surface area contributed by atoms with Gasteiger partial charge in [-0.05, 0) is 42.6 Å². The lowest BCUT2D eigenvalue weighted by Gasteiger charge is -2.33. The van der Waals surface area contributed by atoms with Gasteiger partial charge in [0.25, 0.3) is 5.91 Å². The Morgan fingerprint density at radius 1 is 1.07 bits per heavy atom. The second-order valence-corrected chi connectivity index (χ2v) is 8.80. The lowest BCUT2D eigenvalue weighted by molar-refractivity contribution is 0.0526. The van der Waals surface area contributed by atoms with Gasteiger partial charge in [-0.2, -0.15) is 4.31 Å². The predicted molar refractivity (Wildman–Crippen MR) is 101 cm³/mol. The number of piperazine rings is 1. The highest BCUT2D eigenvalue weighted by Crippen LogP contribution is 2.20. The van der Waals surface area contributed by atoms with E-state index in [0.29, 0.717) is 23.5 Å². The summed E-state index contributed by atoms with van der Waals surface area (Å²) in [6, 6.07) is 9.29. The van der Waals surface area contributed by atoms with Crippen LogP contribution in [0.5, 0.6) is 0 Å². The Morgan fingerprint density at radius 3 is 2.30 bits per heavy atom. The Labute approximate surface area is 162 Å². The number of hydrogen-bond donors (Lipinski definition) is 0. The molecule has 1 aromatic carbocycles. The van der Waals surface area contributed by atoms with Gasteiger partial charge >= 0.3 is 5.97 Å². The third-order valence-electron chi connectivity index (χ3n) is 4.26. The Kier molecular flexibility index (Phi) is 5.93. The molecule has 0 N–H and O–H groups in total. The number of rotatable bonds is 5. The van der Waals surface area contributed by atoms with Crippen molar-refractivity contribution in [2.75, 3.05) is 32.8 Å². The summed E-state index contributed by atoms with van der Waals surface area (Å²) in [6.07, 6.45) is 0. The van der Waals surface area contributed by atoms with E-state index in [9.17, 15) is 18.0 Å². The van der Waals surface area contributed by atoms with Gasteiger partial charge in [0.15, 0.2) is 0 Å². The molecule has 0 bridgehead atoms. The molecule has 7 nitrogen and oxygen atoms in total. The van der Waals surface area contributed by atoms with Crippen LogP contribution in [0.3, 0.4) is 0 Å². The first kappa shape index (κ1) is 19.5. The van der Waals surface area contributed by atoms with Crippen molar-refractivity contribution in [3.05, 3.63) is 52.2 Å². The van der Waals surface area contributed by atoms with Gasteiger partial charge in [-0.3, -0.25) is 4.79 Å². The predicted octanol–water partition coefficient (Wildman–Crippen LogP) is 2.07. The first-order valence-corrected chi connectivity index (χ1v) is 10.9. The van der Waals surface area contributed by atoms with Crippen molar-refractivity contribution >= 4 is 33.2 Å². The first-order valence-electron chi connectivity index (χ1n) is 8.53. The normalized spacial score (nSPS) is 15.5. The number of amides is 1. The highest BCUT2D eigenvalue weighted by atomic mass is 32.2. The van der Waals surface area contributed by atoms with Crippen LogP contribution in [-0.4, -0.2) is 62.3 Å². The highest BCUT2D eigenvalue weighted by molar-refractivity contribution is 7.89. The second kappa shape index (κ2) is 8.20. The third-order valence-corrected chi connectivity index (χ3v) is 7.03. The van der Waals surface area contributed by atoms with E-state index in [-0.39, 0.29) is 30.5 Å². The molecule has 0 atom stereocenters. The van der Waals surface area contributed by atoms with Crippen LogP contribution < -0.4 is 0 Å². The fourth-order valence-electron chi connectivity index (χ4n) is 2.81. The molecule has 0 radical (unpaired) electrons. The molecule has 0 aliphatic carbocycles. The van der Waals surface area contributed by atoms with E-state index in [1.165, 1.54) is 39.9 Å². The van der Waals surface area contributed by atoms with Crippen LogP contribution in [0.4, 0.5) is 0 Å². The molecule has 0 saturated carbocycles. The highest BCUT2D eigenvalue weighted by Gasteiger charge is 2.30. The minimum absolute atomic E-state index is 0.0687. The van der Waals surface area contributed by atoms with E-state index in [0.717, 1.165) is 0 Å². The SMILES string of the molecule is CCOC(=O)c1ccc(S(=O)(=O)N2CCN(C(=O)c3cccs3)CC2)cc1. The van der Waals surface area contributed by atoms with Crippen molar-refractivity contribution in [3.8, 4) is 0 Å². The average molecular weight is 409 g/mol. The van der Waals surface area contributed by atoms with E-state index < -0.39 is 16.0 Å². The van der Waals surface area contributed by atoms with Gasteiger partial charge in [-0.25, -0.2) is 13.2 Å². The maximum atomic E-state index is 12.8. The van der Waals surface area contributed by atoms with Crippen molar-refractivity contribution in [3.63, 3.8) is 0 Å². The fourth-order valence-corrected chi connectivity index (χ4v) is 4.93. The van der Waals surface area contributed by atoms with Gasteiger partial charge in [0.05, 0.1) is 21.9 Å². The number of carbonyl (C=O) groups is 2. The molecule has 27 heavy (non-hydrogen) atoms. The molecule has 1 aliphatic heterocycles. The topological polar surface area (TPSA) is 84.0 Å². The molecule has 1 aromatic heterocycles. The van der Waals surface area contributed by atoms with Crippen LogP contribution in [0.2, 0.25) is 0 Å². The summed E-state index contributed by atoms with van der Waals surface area (Å²) in [7, 11) is -3.67. The largest absolute Gasteiger partial charge is 0.462 e. The van der Waals surface area contributed by atoms with Crippen LogP contribution in [0, 0.1) is 0 Å². The van der Waals surface area contributed by atoms with Gasteiger partial charge in [0, 0.05) is 26.2 Å². The minimum atomic E-state index is -3.67. The van der Waals surface area contributed by atoms with Crippen molar-refractivity contribution in [1.82, 2.24) is 9.21 Å². The standard InChI is InChI=1S/C18H20N2O5S2/c1-2-25-18(22)14-5-7-15(8-6-14)27(23,24)20-11-9-19(10-12-20)17(21)16-4-3-13-26-16/h3-8,13H,2,9-12H2,1H3. The molecule has 3 rings (SSSR count). The number of hydrogen-bond acceptors (Lipinski definition) is 6. The quantitative estimate of drug-likeness (QED) is 0.707. The van der Waals surface area contributed by atoms with Crippen molar-refractivity contribution < 1.29 is 22.7 Å². The summed E-state index contributed by atoms with van der Waals surface area (Å²) in [5.74, 6) is -0.553. The number of carbonyl (C=O) groups excluding carboxylic acids is 2. The first-order chi connectivity index (χ1) is 12.9. The summed E-state index contributed by atoms with van der Waals surface area (Å²) >= 11 is 1.37. The van der Waals surface area contributed by atoms with Gasteiger partial charge in [-0.15, -0.1) is 11.3 Å². The molecule has 1 saturated heterocycles. The molecule has 1 fully saturated rings. The number of thiophene rings is 1. The van der Waals surface area contributed by atoms with Crippen LogP contribution in [0.25, 0.3) is 0 Å². The van der Waals surface area contributed by atoms with Crippen molar-refractivity contribution in [2.45, 2.75) is 11.8 Å². The summed E-state index contributed by atoms with van der Waals surface area (Å²) in [5, 5.41) is 1.84. The zero-order valence-corrected chi connectivity index (χ0v) is 16.5. The van der Waals surface area contributed by atoms with E-state index in [2.05, 4.69) is 0 Å². The number of sulfonamides is 1. The third kappa shape index (κ3) is 4.20. The van der Waals surface area contributed by atoms with Gasteiger partial charge in [0.1, 0.15) is 0 Å². The number of benzene rings is 1. The van der Waals surface area contributed by atoms with E-state index >= 15 is 0 Å². The molecular formula is C18H20N2O5S2. The molecule has 0 unspecified atom stereocenters. The second-order valence-electron chi connectivity index (χ2n) is 5.92. The maximum Gasteiger partial charge on any atom is 0.338 e.